The Hall–Kier alpha value is -2.70. The Morgan fingerprint density at radius 2 is 1.88 bits per heavy atom. The van der Waals surface area contributed by atoms with Crippen molar-refractivity contribution in [1.29, 1.82) is 0 Å². The van der Waals surface area contributed by atoms with Gasteiger partial charge in [-0.15, -0.1) is 0 Å². The zero-order valence-corrected chi connectivity index (χ0v) is 19.9. The molecule has 1 fully saturated rings. The molecule has 1 saturated carbocycles. The van der Waals surface area contributed by atoms with Crippen LogP contribution in [0, 0.1) is 12.7 Å². The number of aromatic nitrogens is 1. The summed E-state index contributed by atoms with van der Waals surface area (Å²) in [4.78, 5) is 15.4. The van der Waals surface area contributed by atoms with Crippen LogP contribution in [0.4, 0.5) is 4.39 Å². The first-order chi connectivity index (χ1) is 15.8. The molecule has 1 aromatic heterocycles. The van der Waals surface area contributed by atoms with E-state index in [2.05, 4.69) is 48.4 Å². The van der Waals surface area contributed by atoms with Crippen molar-refractivity contribution in [3.05, 3.63) is 76.3 Å². The molecule has 7 heteroatoms. The van der Waals surface area contributed by atoms with Gasteiger partial charge in [0.2, 0.25) is 0 Å². The van der Waals surface area contributed by atoms with E-state index >= 15 is 0 Å². The van der Waals surface area contributed by atoms with E-state index in [1.165, 1.54) is 17.7 Å². The van der Waals surface area contributed by atoms with Crippen molar-refractivity contribution >= 4 is 17.6 Å². The quantitative estimate of drug-likeness (QED) is 0.408. The van der Waals surface area contributed by atoms with Crippen LogP contribution in [-0.4, -0.2) is 41.8 Å². The molecule has 0 spiro atoms. The predicted molar refractivity (Wildman–Crippen MR) is 126 cm³/mol. The monoisotopic (exact) mass is 470 g/mol. The van der Waals surface area contributed by atoms with Gasteiger partial charge >= 0.3 is 5.97 Å². The molecule has 3 aromatic rings. The standard InChI is InChI=1S/C26H28ClFN2O3/c1-17-22(24(29-33-17)23-20(27)10-7-11-21(23)28)25(31)32-19-12-14-26(15-13-19,30(2)3)16-18-8-5-4-6-9-18/h4-11,19H,12-16H2,1-3H3. The van der Waals surface area contributed by atoms with E-state index in [-0.39, 0.29) is 39.2 Å². The van der Waals surface area contributed by atoms with Gasteiger partial charge in [-0.3, -0.25) is 0 Å². The fraction of sp³-hybridized carbons (Fsp3) is 0.385. The number of hydrogen-bond donors (Lipinski definition) is 0. The first-order valence-corrected chi connectivity index (χ1v) is 11.5. The second kappa shape index (κ2) is 9.65. The maximum Gasteiger partial charge on any atom is 0.344 e. The number of rotatable bonds is 6. The van der Waals surface area contributed by atoms with Gasteiger partial charge in [-0.2, -0.15) is 0 Å². The van der Waals surface area contributed by atoms with E-state index in [4.69, 9.17) is 20.9 Å². The molecule has 0 atom stereocenters. The van der Waals surface area contributed by atoms with Crippen molar-refractivity contribution in [2.24, 2.45) is 0 Å². The van der Waals surface area contributed by atoms with Crippen LogP contribution in [0.5, 0.6) is 0 Å². The zero-order chi connectivity index (χ0) is 23.6. The van der Waals surface area contributed by atoms with E-state index < -0.39 is 11.8 Å². The Kier molecular flexibility index (Phi) is 6.86. The first-order valence-electron chi connectivity index (χ1n) is 11.1. The molecule has 174 valence electrons. The largest absolute Gasteiger partial charge is 0.459 e. The van der Waals surface area contributed by atoms with E-state index in [0.29, 0.717) is 0 Å². The molecule has 0 saturated heterocycles. The Bertz CT molecular complexity index is 1100. The van der Waals surface area contributed by atoms with Gasteiger partial charge in [0, 0.05) is 5.54 Å². The van der Waals surface area contributed by atoms with Gasteiger partial charge in [-0.25, -0.2) is 9.18 Å². The highest BCUT2D eigenvalue weighted by molar-refractivity contribution is 6.33. The Balaban J connectivity index is 1.49. The van der Waals surface area contributed by atoms with Crippen molar-refractivity contribution in [3.63, 3.8) is 0 Å². The molecule has 0 N–H and O–H groups in total. The van der Waals surface area contributed by atoms with Crippen LogP contribution in [0.1, 0.15) is 47.4 Å². The van der Waals surface area contributed by atoms with Crippen molar-refractivity contribution in [2.75, 3.05) is 14.1 Å². The van der Waals surface area contributed by atoms with Gasteiger partial charge in [0.25, 0.3) is 0 Å². The minimum atomic E-state index is -0.570. The molecule has 0 amide bonds. The summed E-state index contributed by atoms with van der Waals surface area (Å²) < 4.78 is 25.5. The molecular formula is C26H28ClFN2O3. The van der Waals surface area contributed by atoms with Gasteiger partial charge in [0.15, 0.2) is 0 Å². The van der Waals surface area contributed by atoms with Crippen LogP contribution in [0.2, 0.25) is 5.02 Å². The van der Waals surface area contributed by atoms with Crippen molar-refractivity contribution in [3.8, 4) is 11.3 Å². The molecule has 1 aliphatic rings. The number of ether oxygens (including phenoxy) is 1. The first kappa shape index (κ1) is 23.5. The molecule has 0 radical (unpaired) electrons. The number of nitrogens with zero attached hydrogens (tertiary/aromatic N) is 2. The van der Waals surface area contributed by atoms with Crippen molar-refractivity contribution in [1.82, 2.24) is 10.1 Å². The van der Waals surface area contributed by atoms with Crippen LogP contribution in [0.15, 0.2) is 53.1 Å². The predicted octanol–water partition coefficient (Wildman–Crippen LogP) is 6.09. The Morgan fingerprint density at radius 1 is 1.18 bits per heavy atom. The van der Waals surface area contributed by atoms with Gasteiger partial charge in [0.1, 0.15) is 28.9 Å². The number of hydrogen-bond acceptors (Lipinski definition) is 5. The summed E-state index contributed by atoms with van der Waals surface area (Å²) in [6.07, 6.45) is 4.03. The van der Waals surface area contributed by atoms with Gasteiger partial charge < -0.3 is 14.2 Å². The highest BCUT2D eigenvalue weighted by atomic mass is 35.5. The average molecular weight is 471 g/mol. The summed E-state index contributed by atoms with van der Waals surface area (Å²) in [5.41, 5.74) is 1.55. The topological polar surface area (TPSA) is 55.6 Å². The summed E-state index contributed by atoms with van der Waals surface area (Å²) in [6.45, 7) is 1.61. The van der Waals surface area contributed by atoms with Gasteiger partial charge in [0.05, 0.1) is 10.6 Å². The molecule has 0 unspecified atom stereocenters. The molecule has 0 aliphatic heterocycles. The Labute approximate surface area is 198 Å². The maximum absolute atomic E-state index is 14.5. The third-order valence-corrected chi connectivity index (χ3v) is 7.04. The summed E-state index contributed by atoms with van der Waals surface area (Å²) in [6, 6.07) is 14.8. The van der Waals surface area contributed by atoms with Crippen LogP contribution in [-0.2, 0) is 11.2 Å². The molecule has 1 aliphatic carbocycles. The number of carbonyl (C=O) groups excluding carboxylic acids is 1. The Morgan fingerprint density at radius 3 is 2.52 bits per heavy atom. The number of carbonyl (C=O) groups is 1. The maximum atomic E-state index is 14.5. The lowest BCUT2D eigenvalue weighted by Gasteiger charge is -2.45. The molecule has 2 aromatic carbocycles. The summed E-state index contributed by atoms with van der Waals surface area (Å²) in [5.74, 6) is -0.857. The van der Waals surface area contributed by atoms with Gasteiger partial charge in [-0.1, -0.05) is 53.2 Å². The fourth-order valence-electron chi connectivity index (χ4n) is 4.72. The fourth-order valence-corrected chi connectivity index (χ4v) is 4.97. The number of halogens is 2. The third-order valence-electron chi connectivity index (χ3n) is 6.73. The number of aryl methyl sites for hydroxylation is 1. The molecule has 1 heterocycles. The lowest BCUT2D eigenvalue weighted by atomic mass is 9.75. The average Bonchev–Trinajstić information content (AvgIpc) is 3.16. The molecule has 0 bridgehead atoms. The van der Waals surface area contributed by atoms with E-state index in [1.54, 1.807) is 13.0 Å². The second-order valence-corrected chi connectivity index (χ2v) is 9.35. The highest BCUT2D eigenvalue weighted by Crippen LogP contribution is 2.38. The number of likely N-dealkylation sites (N-methyl/N-ethyl adjacent to an activating group) is 1. The lowest BCUT2D eigenvalue weighted by Crippen LogP contribution is -2.50. The van der Waals surface area contributed by atoms with E-state index in [9.17, 15) is 9.18 Å². The van der Waals surface area contributed by atoms with Crippen LogP contribution < -0.4 is 0 Å². The highest BCUT2D eigenvalue weighted by Gasteiger charge is 2.39. The summed E-state index contributed by atoms with van der Waals surface area (Å²) in [7, 11) is 4.22. The number of esters is 1. The number of benzene rings is 2. The van der Waals surface area contributed by atoms with E-state index in [0.717, 1.165) is 32.1 Å². The molecule has 33 heavy (non-hydrogen) atoms. The summed E-state index contributed by atoms with van der Waals surface area (Å²) in [5, 5.41) is 4.07. The van der Waals surface area contributed by atoms with Crippen molar-refractivity contribution in [2.45, 2.75) is 50.7 Å². The minimum absolute atomic E-state index is 0.0171. The molecule has 4 rings (SSSR count). The van der Waals surface area contributed by atoms with Crippen LogP contribution in [0.25, 0.3) is 11.3 Å². The normalized spacial score (nSPS) is 20.7. The van der Waals surface area contributed by atoms with Gasteiger partial charge in [-0.05, 0) is 70.8 Å². The van der Waals surface area contributed by atoms with Crippen LogP contribution >= 0.6 is 11.6 Å². The zero-order valence-electron chi connectivity index (χ0n) is 19.1. The summed E-state index contributed by atoms with van der Waals surface area (Å²) >= 11 is 6.19. The minimum Gasteiger partial charge on any atom is -0.459 e. The second-order valence-electron chi connectivity index (χ2n) is 8.94. The smallest absolute Gasteiger partial charge is 0.344 e. The molecule has 5 nitrogen and oxygen atoms in total. The molecular weight excluding hydrogens is 443 g/mol. The lowest BCUT2D eigenvalue weighted by molar-refractivity contribution is -0.00379. The SMILES string of the molecule is Cc1onc(-c2c(F)cccc2Cl)c1C(=O)OC1CCC(Cc2ccccc2)(N(C)C)CC1. The third kappa shape index (κ3) is 4.82. The van der Waals surface area contributed by atoms with E-state index in [1.807, 2.05) is 6.07 Å². The van der Waals surface area contributed by atoms with Crippen LogP contribution in [0.3, 0.4) is 0 Å². The van der Waals surface area contributed by atoms with Crippen molar-refractivity contribution < 1.29 is 18.4 Å².